The van der Waals surface area contributed by atoms with Crippen molar-refractivity contribution < 1.29 is 14.3 Å². The van der Waals surface area contributed by atoms with Crippen molar-refractivity contribution in [2.75, 3.05) is 51.4 Å². The number of carbonyl (C=O) groups is 1. The number of methoxy groups -OCH3 is 1. The van der Waals surface area contributed by atoms with Gasteiger partial charge in [0.15, 0.2) is 5.13 Å². The zero-order valence-electron chi connectivity index (χ0n) is 16.8. The quantitative estimate of drug-likeness (QED) is 0.491. The lowest BCUT2D eigenvalue weighted by Crippen LogP contribution is -2.39. The van der Waals surface area contributed by atoms with E-state index in [1.807, 2.05) is 42.5 Å². The first-order valence-electron chi connectivity index (χ1n) is 9.96. The molecule has 6 nitrogen and oxygen atoms in total. The number of thiazole rings is 1. The number of morpholine rings is 1. The fourth-order valence-electron chi connectivity index (χ4n) is 3.47. The first kappa shape index (κ1) is 21.2. The minimum absolute atomic E-state index is 0.0377. The molecule has 8 heteroatoms. The van der Waals surface area contributed by atoms with Crippen LogP contribution in [0.15, 0.2) is 46.9 Å². The summed E-state index contributed by atoms with van der Waals surface area (Å²) in [6, 6.07) is 13.3. The Hall–Kier alpha value is -2.00. The molecule has 1 saturated heterocycles. The topological polar surface area (TPSA) is 54.9 Å². The Labute approximate surface area is 188 Å². The number of hydrogen-bond donors (Lipinski definition) is 0. The number of amides is 1. The van der Waals surface area contributed by atoms with Crippen LogP contribution in [0.5, 0.6) is 5.75 Å². The van der Waals surface area contributed by atoms with E-state index in [0.717, 1.165) is 59.7 Å². The standard InChI is InChI=1S/C22H24BrN3O3S/c1-28-18-6-7-19-20(15-18)30-22(24-19)26(9-3-8-25-10-12-29-13-11-25)21(27)16-4-2-5-17(23)14-16/h2,4-7,14-15H,3,8-13H2,1H3. The number of nitrogens with zero attached hydrogens (tertiary/aromatic N) is 3. The third-order valence-corrected chi connectivity index (χ3v) is 6.63. The molecular weight excluding hydrogens is 466 g/mol. The van der Waals surface area contributed by atoms with Gasteiger partial charge < -0.3 is 9.47 Å². The largest absolute Gasteiger partial charge is 0.497 e. The van der Waals surface area contributed by atoms with Crippen molar-refractivity contribution in [1.82, 2.24) is 9.88 Å². The molecule has 158 valence electrons. The van der Waals surface area contributed by atoms with Gasteiger partial charge in [0.1, 0.15) is 5.75 Å². The molecule has 1 aromatic heterocycles. The molecule has 0 atom stereocenters. The Balaban J connectivity index is 1.58. The van der Waals surface area contributed by atoms with Gasteiger partial charge in [0.25, 0.3) is 5.91 Å². The predicted octanol–water partition coefficient (Wildman–Crippen LogP) is 4.44. The molecule has 0 aliphatic carbocycles. The molecular formula is C22H24BrN3O3S. The highest BCUT2D eigenvalue weighted by molar-refractivity contribution is 9.10. The first-order valence-corrected chi connectivity index (χ1v) is 11.6. The first-order chi connectivity index (χ1) is 14.6. The second kappa shape index (κ2) is 9.87. The second-order valence-corrected chi connectivity index (χ2v) is 9.03. The van der Waals surface area contributed by atoms with Crippen LogP contribution in [0.25, 0.3) is 10.2 Å². The third-order valence-electron chi connectivity index (χ3n) is 5.09. The molecule has 0 bridgehead atoms. The highest BCUT2D eigenvalue weighted by Gasteiger charge is 2.22. The van der Waals surface area contributed by atoms with Crippen LogP contribution in [0.3, 0.4) is 0 Å². The Kier molecular flexibility index (Phi) is 6.99. The summed E-state index contributed by atoms with van der Waals surface area (Å²) in [5.41, 5.74) is 1.52. The van der Waals surface area contributed by atoms with Gasteiger partial charge in [-0.2, -0.15) is 0 Å². The average molecular weight is 490 g/mol. The van der Waals surface area contributed by atoms with Crippen molar-refractivity contribution >= 4 is 48.5 Å². The number of aromatic nitrogens is 1. The molecule has 0 saturated carbocycles. The summed E-state index contributed by atoms with van der Waals surface area (Å²) in [5.74, 6) is 0.749. The highest BCUT2D eigenvalue weighted by Crippen LogP contribution is 2.32. The van der Waals surface area contributed by atoms with Crippen LogP contribution >= 0.6 is 27.3 Å². The average Bonchev–Trinajstić information content (AvgIpc) is 3.20. The molecule has 1 aliphatic heterocycles. The van der Waals surface area contributed by atoms with Crippen molar-refractivity contribution in [3.63, 3.8) is 0 Å². The number of benzene rings is 2. The lowest BCUT2D eigenvalue weighted by molar-refractivity contribution is 0.0376. The van der Waals surface area contributed by atoms with Gasteiger partial charge in [0.05, 0.1) is 30.5 Å². The number of halogens is 1. The van der Waals surface area contributed by atoms with E-state index < -0.39 is 0 Å². The van der Waals surface area contributed by atoms with Crippen molar-refractivity contribution in [3.05, 3.63) is 52.5 Å². The minimum Gasteiger partial charge on any atom is -0.497 e. The lowest BCUT2D eigenvalue weighted by Gasteiger charge is -2.27. The molecule has 0 unspecified atom stereocenters. The maximum Gasteiger partial charge on any atom is 0.260 e. The second-order valence-electron chi connectivity index (χ2n) is 7.10. The molecule has 2 aromatic carbocycles. The highest BCUT2D eigenvalue weighted by atomic mass is 79.9. The van der Waals surface area contributed by atoms with E-state index in [9.17, 15) is 4.79 Å². The number of hydrogen-bond acceptors (Lipinski definition) is 6. The van der Waals surface area contributed by atoms with E-state index in [-0.39, 0.29) is 5.91 Å². The molecule has 1 fully saturated rings. The maximum atomic E-state index is 13.4. The summed E-state index contributed by atoms with van der Waals surface area (Å²) in [6.07, 6.45) is 0.874. The number of rotatable bonds is 7. The molecule has 2 heterocycles. The zero-order valence-corrected chi connectivity index (χ0v) is 19.2. The monoisotopic (exact) mass is 489 g/mol. The fraction of sp³-hybridized carbons (Fsp3) is 0.364. The van der Waals surface area contributed by atoms with E-state index in [2.05, 4.69) is 20.8 Å². The summed E-state index contributed by atoms with van der Waals surface area (Å²) < 4.78 is 12.6. The van der Waals surface area contributed by atoms with Crippen LogP contribution in [0.4, 0.5) is 5.13 Å². The molecule has 0 N–H and O–H groups in total. The predicted molar refractivity (Wildman–Crippen MR) is 124 cm³/mol. The number of anilines is 1. The Morgan fingerprint density at radius 3 is 2.87 bits per heavy atom. The maximum absolute atomic E-state index is 13.4. The molecule has 3 aromatic rings. The van der Waals surface area contributed by atoms with Gasteiger partial charge in [-0.3, -0.25) is 14.6 Å². The molecule has 0 spiro atoms. The van der Waals surface area contributed by atoms with Gasteiger partial charge in [-0.25, -0.2) is 4.98 Å². The van der Waals surface area contributed by atoms with Gasteiger partial charge in [0.2, 0.25) is 0 Å². The molecule has 1 amide bonds. The van der Waals surface area contributed by atoms with Gasteiger partial charge >= 0.3 is 0 Å². The summed E-state index contributed by atoms with van der Waals surface area (Å²) in [5, 5.41) is 0.713. The zero-order chi connectivity index (χ0) is 20.9. The Bertz CT molecular complexity index is 1020. The molecule has 30 heavy (non-hydrogen) atoms. The van der Waals surface area contributed by atoms with E-state index in [1.54, 1.807) is 12.0 Å². The van der Waals surface area contributed by atoms with Gasteiger partial charge in [0, 0.05) is 36.2 Å². The number of fused-ring (bicyclic) bond motifs is 1. The van der Waals surface area contributed by atoms with Crippen LogP contribution in [-0.4, -0.2) is 62.3 Å². The van der Waals surface area contributed by atoms with Gasteiger partial charge in [-0.15, -0.1) is 0 Å². The minimum atomic E-state index is -0.0377. The van der Waals surface area contributed by atoms with Gasteiger partial charge in [-0.1, -0.05) is 33.3 Å². The molecule has 4 rings (SSSR count). The molecule has 1 aliphatic rings. The van der Waals surface area contributed by atoms with Crippen LogP contribution < -0.4 is 9.64 Å². The van der Waals surface area contributed by atoms with E-state index in [1.165, 1.54) is 11.3 Å². The van der Waals surface area contributed by atoms with Crippen molar-refractivity contribution in [1.29, 1.82) is 0 Å². The van der Waals surface area contributed by atoms with Crippen molar-refractivity contribution in [2.45, 2.75) is 6.42 Å². The summed E-state index contributed by atoms with van der Waals surface area (Å²) in [7, 11) is 1.65. The van der Waals surface area contributed by atoms with E-state index in [4.69, 9.17) is 14.5 Å². The van der Waals surface area contributed by atoms with E-state index in [0.29, 0.717) is 17.2 Å². The third kappa shape index (κ3) is 5.00. The van der Waals surface area contributed by atoms with Crippen molar-refractivity contribution in [3.8, 4) is 5.75 Å². The Morgan fingerprint density at radius 2 is 2.10 bits per heavy atom. The normalized spacial score (nSPS) is 14.7. The van der Waals surface area contributed by atoms with Crippen LogP contribution in [0.1, 0.15) is 16.8 Å². The smallest absolute Gasteiger partial charge is 0.260 e. The number of ether oxygens (including phenoxy) is 2. The SMILES string of the molecule is COc1ccc2nc(N(CCCN3CCOCC3)C(=O)c3cccc(Br)c3)sc2c1. The van der Waals surface area contributed by atoms with Crippen LogP contribution in [-0.2, 0) is 4.74 Å². The van der Waals surface area contributed by atoms with Crippen LogP contribution in [0, 0.1) is 0 Å². The lowest BCUT2D eigenvalue weighted by atomic mass is 10.2. The summed E-state index contributed by atoms with van der Waals surface area (Å²) in [6.45, 7) is 4.99. The summed E-state index contributed by atoms with van der Waals surface area (Å²) in [4.78, 5) is 22.3. The van der Waals surface area contributed by atoms with Gasteiger partial charge in [-0.05, 0) is 42.8 Å². The summed E-state index contributed by atoms with van der Waals surface area (Å²) >= 11 is 4.99. The fourth-order valence-corrected chi connectivity index (χ4v) is 4.89. The Morgan fingerprint density at radius 1 is 1.27 bits per heavy atom. The van der Waals surface area contributed by atoms with Crippen LogP contribution in [0.2, 0.25) is 0 Å². The number of carbonyl (C=O) groups excluding carboxylic acids is 1. The van der Waals surface area contributed by atoms with E-state index >= 15 is 0 Å². The van der Waals surface area contributed by atoms with Crippen molar-refractivity contribution in [2.24, 2.45) is 0 Å². The molecule has 0 radical (unpaired) electrons.